The minimum Gasteiger partial charge on any atom is -0.481 e. The number of aryl methyl sites for hydroxylation is 2. The second-order valence-corrected chi connectivity index (χ2v) is 8.13. The summed E-state index contributed by atoms with van der Waals surface area (Å²) in [6.07, 6.45) is -0.889. The first kappa shape index (κ1) is 17.9. The van der Waals surface area contributed by atoms with Crippen molar-refractivity contribution in [2.75, 3.05) is 13.1 Å². The molecule has 0 radical (unpaired) electrons. The van der Waals surface area contributed by atoms with Gasteiger partial charge in [0.2, 0.25) is 10.0 Å². The zero-order valence-corrected chi connectivity index (χ0v) is 14.6. The normalized spacial score (nSPS) is 23.0. The summed E-state index contributed by atoms with van der Waals surface area (Å²) < 4.78 is 27.3. The Hall–Kier alpha value is -1.44. The number of rotatable bonds is 3. The number of aliphatic hydroxyl groups is 1. The Labute approximate surface area is 136 Å². The Balaban J connectivity index is 2.50. The highest BCUT2D eigenvalue weighted by atomic mass is 32.2. The van der Waals surface area contributed by atoms with Crippen LogP contribution in [0.2, 0.25) is 0 Å². The maximum absolute atomic E-state index is 13.1. The lowest BCUT2D eigenvalue weighted by atomic mass is 9.96. The Morgan fingerprint density at radius 1 is 1.17 bits per heavy atom. The van der Waals surface area contributed by atoms with E-state index in [1.165, 1.54) is 4.31 Å². The summed E-state index contributed by atoms with van der Waals surface area (Å²) in [6, 6.07) is 1.95. The maximum Gasteiger partial charge on any atom is 0.310 e. The Bertz CT molecular complexity index is 715. The Kier molecular flexibility index (Phi) is 4.84. The van der Waals surface area contributed by atoms with E-state index in [-0.39, 0.29) is 24.4 Å². The molecule has 1 saturated heterocycles. The zero-order valence-electron chi connectivity index (χ0n) is 13.8. The first-order valence-corrected chi connectivity index (χ1v) is 8.99. The van der Waals surface area contributed by atoms with Crippen LogP contribution >= 0.6 is 0 Å². The van der Waals surface area contributed by atoms with E-state index in [0.717, 1.165) is 11.1 Å². The number of carbonyl (C=O) groups is 1. The van der Waals surface area contributed by atoms with Crippen LogP contribution in [-0.2, 0) is 14.8 Å². The molecule has 0 spiro atoms. The van der Waals surface area contributed by atoms with E-state index in [1.807, 2.05) is 19.9 Å². The smallest absolute Gasteiger partial charge is 0.310 e. The van der Waals surface area contributed by atoms with Crippen molar-refractivity contribution in [2.45, 2.75) is 45.1 Å². The Morgan fingerprint density at radius 2 is 1.70 bits per heavy atom. The van der Waals surface area contributed by atoms with Gasteiger partial charge in [-0.1, -0.05) is 6.07 Å². The molecule has 1 fully saturated rings. The second kappa shape index (κ2) is 6.22. The van der Waals surface area contributed by atoms with Gasteiger partial charge in [-0.2, -0.15) is 4.31 Å². The van der Waals surface area contributed by atoms with Crippen molar-refractivity contribution >= 4 is 16.0 Å². The average Bonchev–Trinajstić information content (AvgIpc) is 2.45. The van der Waals surface area contributed by atoms with Gasteiger partial charge >= 0.3 is 5.97 Å². The largest absolute Gasteiger partial charge is 0.481 e. The molecule has 0 aliphatic carbocycles. The molecule has 1 aromatic carbocycles. The van der Waals surface area contributed by atoms with Gasteiger partial charge in [0, 0.05) is 13.1 Å². The van der Waals surface area contributed by atoms with Gasteiger partial charge in [0.05, 0.1) is 16.9 Å². The van der Waals surface area contributed by atoms with E-state index < -0.39 is 28.0 Å². The molecular weight excluding hydrogens is 318 g/mol. The number of benzene rings is 1. The molecule has 0 amide bonds. The van der Waals surface area contributed by atoms with Gasteiger partial charge in [0.15, 0.2) is 0 Å². The number of piperidine rings is 1. The number of aliphatic hydroxyl groups excluding tert-OH is 1. The molecule has 7 heteroatoms. The molecule has 6 nitrogen and oxygen atoms in total. The van der Waals surface area contributed by atoms with Crippen LogP contribution in [0.1, 0.15) is 28.7 Å². The highest BCUT2D eigenvalue weighted by Gasteiger charge is 2.39. The average molecular weight is 341 g/mol. The minimum absolute atomic E-state index is 0.124. The van der Waals surface area contributed by atoms with Crippen LogP contribution in [-0.4, -0.2) is 48.1 Å². The lowest BCUT2D eigenvalue weighted by Crippen LogP contribution is -2.48. The molecule has 128 valence electrons. The number of hydrogen-bond acceptors (Lipinski definition) is 4. The third kappa shape index (κ3) is 3.13. The molecule has 0 unspecified atom stereocenters. The monoisotopic (exact) mass is 341 g/mol. The van der Waals surface area contributed by atoms with Crippen molar-refractivity contribution in [1.29, 1.82) is 0 Å². The Morgan fingerprint density at radius 3 is 2.17 bits per heavy atom. The summed E-state index contributed by atoms with van der Waals surface area (Å²) >= 11 is 0. The molecule has 2 rings (SSSR count). The third-order valence-electron chi connectivity index (χ3n) is 4.75. The number of carboxylic acids is 1. The molecular formula is C16H23NO5S. The lowest BCUT2D eigenvalue weighted by Gasteiger charge is -2.34. The van der Waals surface area contributed by atoms with E-state index in [1.54, 1.807) is 13.8 Å². The number of aliphatic carboxylic acids is 1. The van der Waals surface area contributed by atoms with Crippen LogP contribution in [0.5, 0.6) is 0 Å². The summed E-state index contributed by atoms with van der Waals surface area (Å²) in [6.45, 7) is 7.18. The highest BCUT2D eigenvalue weighted by Crippen LogP contribution is 2.31. The fraction of sp³-hybridized carbons (Fsp3) is 0.562. The SMILES string of the molecule is Cc1cc(C)c(C)c(S(=O)(=O)N2CC[C@@H](O)[C@@H](C(=O)O)C2)c1C. The lowest BCUT2D eigenvalue weighted by molar-refractivity contribution is -0.147. The number of nitrogens with zero attached hydrogens (tertiary/aromatic N) is 1. The van der Waals surface area contributed by atoms with Crippen LogP contribution < -0.4 is 0 Å². The van der Waals surface area contributed by atoms with Gasteiger partial charge in [-0.3, -0.25) is 4.79 Å². The summed E-state index contributed by atoms with van der Waals surface area (Å²) in [5, 5.41) is 19.0. The predicted molar refractivity (Wildman–Crippen MR) is 85.9 cm³/mol. The van der Waals surface area contributed by atoms with E-state index >= 15 is 0 Å². The van der Waals surface area contributed by atoms with Crippen molar-refractivity contribution in [2.24, 2.45) is 5.92 Å². The molecule has 0 bridgehead atoms. The van der Waals surface area contributed by atoms with Crippen molar-refractivity contribution in [3.8, 4) is 0 Å². The van der Waals surface area contributed by atoms with Gasteiger partial charge in [-0.15, -0.1) is 0 Å². The van der Waals surface area contributed by atoms with Crippen molar-refractivity contribution in [3.63, 3.8) is 0 Å². The fourth-order valence-corrected chi connectivity index (χ4v) is 5.12. The van der Waals surface area contributed by atoms with Crippen LogP contribution in [0.25, 0.3) is 0 Å². The van der Waals surface area contributed by atoms with Gasteiger partial charge in [-0.25, -0.2) is 8.42 Å². The molecule has 23 heavy (non-hydrogen) atoms. The molecule has 2 atom stereocenters. The molecule has 1 aliphatic heterocycles. The molecule has 1 heterocycles. The molecule has 0 saturated carbocycles. The number of hydrogen-bond donors (Lipinski definition) is 2. The first-order chi connectivity index (χ1) is 10.6. The summed E-state index contributed by atoms with van der Waals surface area (Å²) in [4.78, 5) is 11.5. The summed E-state index contributed by atoms with van der Waals surface area (Å²) in [7, 11) is -3.80. The quantitative estimate of drug-likeness (QED) is 0.866. The summed E-state index contributed by atoms with van der Waals surface area (Å²) in [5.74, 6) is -2.27. The van der Waals surface area contributed by atoms with Crippen molar-refractivity contribution in [1.82, 2.24) is 4.31 Å². The first-order valence-electron chi connectivity index (χ1n) is 7.55. The summed E-state index contributed by atoms with van der Waals surface area (Å²) in [5.41, 5.74) is 3.15. The molecule has 1 aliphatic rings. The molecule has 2 N–H and O–H groups in total. The van der Waals surface area contributed by atoms with Crippen LogP contribution in [0.15, 0.2) is 11.0 Å². The second-order valence-electron chi connectivity index (χ2n) is 6.25. The number of carboxylic acid groups (broad SMARTS) is 1. The van der Waals surface area contributed by atoms with E-state index in [9.17, 15) is 23.4 Å². The van der Waals surface area contributed by atoms with Crippen LogP contribution in [0.3, 0.4) is 0 Å². The van der Waals surface area contributed by atoms with E-state index in [0.29, 0.717) is 11.1 Å². The van der Waals surface area contributed by atoms with Gasteiger partial charge in [-0.05, 0) is 56.4 Å². The van der Waals surface area contributed by atoms with E-state index in [4.69, 9.17) is 0 Å². The van der Waals surface area contributed by atoms with Crippen molar-refractivity contribution < 1.29 is 23.4 Å². The minimum atomic E-state index is -3.80. The highest BCUT2D eigenvalue weighted by molar-refractivity contribution is 7.89. The maximum atomic E-state index is 13.1. The standard InChI is InChI=1S/C16H23NO5S/c1-9-7-10(2)12(4)15(11(9)3)23(21,22)17-6-5-14(18)13(8-17)16(19)20/h7,13-14,18H,5-6,8H2,1-4H3,(H,19,20)/t13-,14+/m0/s1. The van der Waals surface area contributed by atoms with Gasteiger partial charge < -0.3 is 10.2 Å². The topological polar surface area (TPSA) is 94.9 Å². The number of sulfonamides is 1. The fourth-order valence-electron chi connectivity index (χ4n) is 3.07. The third-order valence-corrected chi connectivity index (χ3v) is 6.89. The van der Waals surface area contributed by atoms with Crippen molar-refractivity contribution in [3.05, 3.63) is 28.3 Å². The predicted octanol–water partition coefficient (Wildman–Crippen LogP) is 1.38. The molecule has 1 aromatic rings. The zero-order chi connectivity index (χ0) is 17.5. The van der Waals surface area contributed by atoms with Gasteiger partial charge in [0.25, 0.3) is 0 Å². The van der Waals surface area contributed by atoms with Crippen LogP contribution in [0.4, 0.5) is 0 Å². The van der Waals surface area contributed by atoms with Crippen LogP contribution in [0, 0.1) is 33.6 Å². The van der Waals surface area contributed by atoms with E-state index in [2.05, 4.69) is 0 Å². The molecule has 0 aromatic heterocycles. The van der Waals surface area contributed by atoms with Gasteiger partial charge in [0.1, 0.15) is 0 Å².